The Labute approximate surface area is 363 Å². The van der Waals surface area contributed by atoms with Gasteiger partial charge in [0.15, 0.2) is 24.7 Å². The summed E-state index contributed by atoms with van der Waals surface area (Å²) in [5, 5.41) is 95.7. The lowest BCUT2D eigenvalue weighted by Gasteiger charge is -2.58. The molecule has 5 saturated heterocycles. The first-order valence-electron chi connectivity index (χ1n) is 23.4. The molecule has 62 heavy (non-hydrogen) atoms. The first-order valence-corrected chi connectivity index (χ1v) is 23.4. The van der Waals surface area contributed by atoms with Crippen LogP contribution in [0.2, 0.25) is 0 Å². The van der Waals surface area contributed by atoms with Gasteiger partial charge in [0.25, 0.3) is 0 Å². The molecule has 0 unspecified atom stereocenters. The summed E-state index contributed by atoms with van der Waals surface area (Å²) in [6, 6.07) is 0. The second kappa shape index (κ2) is 17.3. The molecule has 0 bridgehead atoms. The van der Waals surface area contributed by atoms with Gasteiger partial charge in [-0.05, 0) is 98.7 Å². The Kier molecular flexibility index (Phi) is 12.9. The molecule has 0 aromatic carbocycles. The molecule has 0 amide bonds. The number of hydrogen-bond donors (Lipinski definition) is 9. The first kappa shape index (κ1) is 46.2. The number of aliphatic hydroxyl groups excluding tert-OH is 9. The average molecular weight is 885 g/mol. The third-order valence-electron chi connectivity index (χ3n) is 17.7. The third kappa shape index (κ3) is 7.49. The van der Waals surface area contributed by atoms with Crippen molar-refractivity contribution in [3.8, 4) is 0 Å². The van der Waals surface area contributed by atoms with Crippen molar-refractivity contribution < 1.29 is 83.9 Å². The highest BCUT2D eigenvalue weighted by Gasteiger charge is 2.69. The minimum atomic E-state index is -1.82. The van der Waals surface area contributed by atoms with Crippen LogP contribution in [0, 0.1) is 46.3 Å². The molecule has 5 aliphatic heterocycles. The van der Waals surface area contributed by atoms with Crippen LogP contribution < -0.4 is 0 Å². The monoisotopic (exact) mass is 884 g/mol. The lowest BCUT2D eigenvalue weighted by Crippen LogP contribution is -2.67. The SMILES string of the molecule is C[C@@H]1CC[C@@]2(OC1)O[C@H]1C[C@H]3[C@@H]4CC=C5C[C@@H](O[C@@H]6O[C@H](CO)[C@@H](O[C@@H]7O[C@H](CO)[C@@H](O)[C@H](O)[C@H]7O)[C@H](O)[C@H]6O[C@@H]6O[C@@H](C)[C@H](O)[C@@H](O)[C@H]6O)CC[C@]5(C)[C@H]4CC[C@]3(C)[C@H]1[C@@H]2C. The largest absolute Gasteiger partial charge is 0.394 e. The number of hydrogen-bond acceptors (Lipinski definition) is 17. The van der Waals surface area contributed by atoms with Crippen molar-refractivity contribution in [1.29, 1.82) is 0 Å². The highest BCUT2D eigenvalue weighted by molar-refractivity contribution is 5.26. The van der Waals surface area contributed by atoms with Crippen LogP contribution in [0.25, 0.3) is 0 Å². The van der Waals surface area contributed by atoms with E-state index in [-0.39, 0.29) is 23.0 Å². The van der Waals surface area contributed by atoms with Crippen molar-refractivity contribution >= 4 is 0 Å². The number of allylic oxidation sites excluding steroid dienone is 1. The van der Waals surface area contributed by atoms with Crippen LogP contribution in [0.5, 0.6) is 0 Å². The molecule has 17 heteroatoms. The first-order chi connectivity index (χ1) is 29.4. The van der Waals surface area contributed by atoms with Gasteiger partial charge in [-0.25, -0.2) is 0 Å². The van der Waals surface area contributed by atoms with E-state index in [9.17, 15) is 46.0 Å². The van der Waals surface area contributed by atoms with Crippen molar-refractivity contribution in [3.63, 3.8) is 0 Å². The van der Waals surface area contributed by atoms with E-state index in [0.717, 1.165) is 51.6 Å². The van der Waals surface area contributed by atoms with Gasteiger partial charge < -0.3 is 83.9 Å². The molecule has 17 nitrogen and oxygen atoms in total. The summed E-state index contributed by atoms with van der Waals surface area (Å²) < 4.78 is 49.9. The molecular weight excluding hydrogens is 812 g/mol. The van der Waals surface area contributed by atoms with Crippen molar-refractivity contribution in [2.24, 2.45) is 46.3 Å². The summed E-state index contributed by atoms with van der Waals surface area (Å²) in [5.74, 6) is 2.56. The van der Waals surface area contributed by atoms with E-state index in [1.807, 2.05) is 0 Å². The van der Waals surface area contributed by atoms with Gasteiger partial charge in [-0.2, -0.15) is 0 Å². The molecule has 3 saturated carbocycles. The van der Waals surface area contributed by atoms with Crippen LogP contribution in [-0.4, -0.2) is 176 Å². The lowest BCUT2D eigenvalue weighted by molar-refractivity contribution is -0.389. The molecule has 9 aliphatic rings. The van der Waals surface area contributed by atoms with Gasteiger partial charge in [-0.3, -0.25) is 0 Å². The lowest BCUT2D eigenvalue weighted by atomic mass is 9.47. The molecular formula is C45H72O17. The number of fused-ring (bicyclic) bond motifs is 7. The molecule has 1 spiro atoms. The Bertz CT molecular complexity index is 1610. The summed E-state index contributed by atoms with van der Waals surface area (Å²) >= 11 is 0. The van der Waals surface area contributed by atoms with E-state index >= 15 is 0 Å². The van der Waals surface area contributed by atoms with Crippen LogP contribution in [0.4, 0.5) is 0 Å². The predicted molar refractivity (Wildman–Crippen MR) is 214 cm³/mol. The van der Waals surface area contributed by atoms with Gasteiger partial charge in [0.05, 0.1) is 38.1 Å². The molecule has 0 aromatic heterocycles. The third-order valence-corrected chi connectivity index (χ3v) is 17.7. The Morgan fingerprint density at radius 3 is 2.05 bits per heavy atom. The summed E-state index contributed by atoms with van der Waals surface area (Å²) in [6.07, 6.45) is -12.0. The van der Waals surface area contributed by atoms with Crippen molar-refractivity contribution in [2.45, 2.75) is 203 Å². The Morgan fingerprint density at radius 1 is 0.677 bits per heavy atom. The zero-order valence-electron chi connectivity index (χ0n) is 36.6. The molecule has 8 fully saturated rings. The summed E-state index contributed by atoms with van der Waals surface area (Å²) in [6.45, 7) is 10.4. The highest BCUT2D eigenvalue weighted by Crippen LogP contribution is 2.70. The summed E-state index contributed by atoms with van der Waals surface area (Å²) in [7, 11) is 0. The molecule has 4 aliphatic carbocycles. The fraction of sp³-hybridized carbons (Fsp3) is 0.956. The maximum Gasteiger partial charge on any atom is 0.187 e. The van der Waals surface area contributed by atoms with Crippen LogP contribution >= 0.6 is 0 Å². The topological polar surface area (TPSA) is 256 Å². The Balaban J connectivity index is 0.917. The van der Waals surface area contributed by atoms with Gasteiger partial charge in [-0.1, -0.05) is 39.3 Å². The van der Waals surface area contributed by atoms with E-state index in [2.05, 4.69) is 33.8 Å². The smallest absolute Gasteiger partial charge is 0.187 e. The second-order valence-corrected chi connectivity index (χ2v) is 21.1. The Morgan fingerprint density at radius 2 is 1.35 bits per heavy atom. The molecule has 5 heterocycles. The number of rotatable bonds is 8. The Hall–Kier alpha value is -0.940. The minimum absolute atomic E-state index is 0.0356. The van der Waals surface area contributed by atoms with E-state index in [1.54, 1.807) is 0 Å². The van der Waals surface area contributed by atoms with Gasteiger partial charge in [0.1, 0.15) is 67.1 Å². The maximum absolute atomic E-state index is 12.0. The van der Waals surface area contributed by atoms with Crippen molar-refractivity contribution in [2.75, 3.05) is 19.8 Å². The van der Waals surface area contributed by atoms with Crippen LogP contribution in [0.1, 0.15) is 92.4 Å². The zero-order valence-corrected chi connectivity index (χ0v) is 36.6. The van der Waals surface area contributed by atoms with E-state index < -0.39 is 111 Å². The molecule has 0 radical (unpaired) electrons. The van der Waals surface area contributed by atoms with Crippen LogP contribution in [0.15, 0.2) is 11.6 Å². The number of ether oxygens (including phenoxy) is 8. The van der Waals surface area contributed by atoms with Gasteiger partial charge >= 0.3 is 0 Å². The summed E-state index contributed by atoms with van der Waals surface area (Å²) in [4.78, 5) is 0. The molecule has 0 aromatic rings. The number of aliphatic hydroxyl groups is 9. The average Bonchev–Trinajstić information content (AvgIpc) is 3.70. The second-order valence-electron chi connectivity index (χ2n) is 21.1. The fourth-order valence-electron chi connectivity index (χ4n) is 14.0. The van der Waals surface area contributed by atoms with Crippen LogP contribution in [0.3, 0.4) is 0 Å². The normalized spacial score (nSPS) is 57.6. The van der Waals surface area contributed by atoms with Gasteiger partial charge in [0, 0.05) is 12.3 Å². The molecule has 26 atom stereocenters. The molecule has 9 N–H and O–H groups in total. The van der Waals surface area contributed by atoms with E-state index in [1.165, 1.54) is 12.5 Å². The zero-order chi connectivity index (χ0) is 44.2. The fourth-order valence-corrected chi connectivity index (χ4v) is 14.0. The molecule has 354 valence electrons. The quantitative estimate of drug-likeness (QED) is 0.148. The van der Waals surface area contributed by atoms with Crippen LogP contribution in [-0.2, 0) is 37.9 Å². The summed E-state index contributed by atoms with van der Waals surface area (Å²) in [5.41, 5.74) is 1.48. The predicted octanol–water partition coefficient (Wildman–Crippen LogP) is 0.214. The minimum Gasteiger partial charge on any atom is -0.394 e. The maximum atomic E-state index is 12.0. The van der Waals surface area contributed by atoms with Crippen molar-refractivity contribution in [1.82, 2.24) is 0 Å². The van der Waals surface area contributed by atoms with Crippen molar-refractivity contribution in [3.05, 3.63) is 11.6 Å². The molecule has 9 rings (SSSR count). The highest BCUT2D eigenvalue weighted by atomic mass is 16.8. The van der Waals surface area contributed by atoms with Gasteiger partial charge in [-0.15, -0.1) is 0 Å². The standard InChI is InChI=1S/C45H72O17/c1-19-8-13-45(55-18-19)20(2)30-27(62-45)15-26-24-7-6-22-14-23(9-11-43(22,4)25(24)10-12-44(26,30)5)57-42-39(61-40-35(52)33(50)31(48)21(3)56-40)37(54)38(29(17-47)59-42)60-41-36(53)34(51)32(49)28(16-46)58-41/h6,19-21,23-42,46-54H,7-18H2,1-5H3/t19-,20+,21+,23+,24-,25+,26+,27+,28-,29-,30+,31+,32-,33-,34+,35-,36-,37+,38-,39-,40+,41+,42-,43+,44+,45-/m1/s1. The van der Waals surface area contributed by atoms with Gasteiger partial charge in [0.2, 0.25) is 0 Å². The van der Waals surface area contributed by atoms with E-state index in [0.29, 0.717) is 48.3 Å². The van der Waals surface area contributed by atoms with E-state index in [4.69, 9.17) is 37.9 Å².